The zero-order valence-corrected chi connectivity index (χ0v) is 20.6. The quantitative estimate of drug-likeness (QED) is 0.123. The van der Waals surface area contributed by atoms with Crippen LogP contribution in [0, 0.1) is 22.0 Å². The van der Waals surface area contributed by atoms with E-state index in [1.165, 1.54) is 55.5 Å². The van der Waals surface area contributed by atoms with E-state index in [-0.39, 0.29) is 17.0 Å². The first-order valence-electron chi connectivity index (χ1n) is 12.3. The minimum Gasteiger partial charge on any atom is -0.427 e. The summed E-state index contributed by atoms with van der Waals surface area (Å²) in [7, 11) is 0. The normalized spacial score (nSPS) is 22.8. The highest BCUT2D eigenvalue weighted by Gasteiger charge is 2.64. The molecule has 39 heavy (non-hydrogen) atoms. The Morgan fingerprint density at radius 2 is 1.64 bits per heavy atom. The van der Waals surface area contributed by atoms with Gasteiger partial charge in [0, 0.05) is 30.8 Å². The summed E-state index contributed by atoms with van der Waals surface area (Å²) in [4.78, 5) is 66.7. The van der Waals surface area contributed by atoms with Crippen molar-refractivity contribution in [1.29, 1.82) is 0 Å². The number of benzene rings is 3. The van der Waals surface area contributed by atoms with Crippen LogP contribution in [0.25, 0.3) is 6.08 Å². The molecule has 3 heterocycles. The Labute approximate surface area is 222 Å². The molecule has 0 aliphatic carbocycles. The Morgan fingerprint density at radius 1 is 0.923 bits per heavy atom. The molecule has 6 rings (SSSR count). The molecule has 0 radical (unpaired) electrons. The zero-order chi connectivity index (χ0) is 27.4. The second-order valence-electron chi connectivity index (χ2n) is 9.60. The molecule has 10 nitrogen and oxygen atoms in total. The van der Waals surface area contributed by atoms with Gasteiger partial charge in [-0.1, -0.05) is 36.4 Å². The molecule has 2 fully saturated rings. The maximum Gasteiger partial charge on any atom is 0.308 e. The maximum absolute atomic E-state index is 13.9. The molecule has 0 unspecified atom stereocenters. The number of rotatable bonds is 5. The van der Waals surface area contributed by atoms with E-state index in [1.54, 1.807) is 11.1 Å². The monoisotopic (exact) mass is 523 g/mol. The number of esters is 1. The predicted molar refractivity (Wildman–Crippen MR) is 138 cm³/mol. The first-order chi connectivity index (χ1) is 18.8. The molecule has 2 amide bonds. The van der Waals surface area contributed by atoms with Gasteiger partial charge in [-0.05, 0) is 41.5 Å². The number of amides is 2. The molecule has 2 saturated heterocycles. The molecule has 0 spiro atoms. The van der Waals surface area contributed by atoms with E-state index in [9.17, 15) is 29.3 Å². The Bertz CT molecular complexity index is 1600. The summed E-state index contributed by atoms with van der Waals surface area (Å²) >= 11 is 0. The number of non-ortho nitro benzene ring substituents is 1. The third-order valence-corrected chi connectivity index (χ3v) is 7.43. The highest BCUT2D eigenvalue weighted by Crippen LogP contribution is 2.53. The minimum absolute atomic E-state index is 0.0882. The Morgan fingerprint density at radius 3 is 2.36 bits per heavy atom. The van der Waals surface area contributed by atoms with Gasteiger partial charge < -0.3 is 9.64 Å². The second-order valence-corrected chi connectivity index (χ2v) is 9.60. The molecule has 10 heteroatoms. The number of hydrogen-bond acceptors (Lipinski definition) is 8. The largest absolute Gasteiger partial charge is 0.427 e. The van der Waals surface area contributed by atoms with Crippen molar-refractivity contribution in [2.75, 3.05) is 4.90 Å². The third-order valence-electron chi connectivity index (χ3n) is 7.43. The van der Waals surface area contributed by atoms with E-state index in [0.29, 0.717) is 5.69 Å². The molecule has 3 aliphatic heterocycles. The van der Waals surface area contributed by atoms with Gasteiger partial charge in [0.05, 0.1) is 28.5 Å². The van der Waals surface area contributed by atoms with Crippen molar-refractivity contribution in [2.45, 2.75) is 19.0 Å². The molecule has 3 aromatic carbocycles. The van der Waals surface area contributed by atoms with Crippen LogP contribution in [-0.4, -0.2) is 39.4 Å². The lowest BCUT2D eigenvalue weighted by Gasteiger charge is -2.35. The van der Waals surface area contributed by atoms with Crippen molar-refractivity contribution >= 4 is 41.0 Å². The van der Waals surface area contributed by atoms with Crippen LogP contribution in [0.5, 0.6) is 5.75 Å². The Balaban J connectivity index is 1.44. The van der Waals surface area contributed by atoms with Crippen molar-refractivity contribution < 1.29 is 28.8 Å². The standard InChI is InChI=1S/C29H21N3O7/c1-16(33)39-21-11-9-19(10-12-21)31-28(35)23-24(29(31)36)26(27(34)18-6-4-7-20(15-18)32(37)38)30-14-13-17-5-2-3-8-22(17)25(23)30/h2-15,23-26H,1H3/t23-,24+,25-,26+/m0/s1. The lowest BCUT2D eigenvalue weighted by atomic mass is 9.83. The average molecular weight is 524 g/mol. The second kappa shape index (κ2) is 9.02. The van der Waals surface area contributed by atoms with Crippen LogP contribution in [0.15, 0.2) is 79.0 Å². The third kappa shape index (κ3) is 3.80. The van der Waals surface area contributed by atoms with Crippen LogP contribution in [0.4, 0.5) is 11.4 Å². The molecule has 0 bridgehead atoms. The summed E-state index contributed by atoms with van der Waals surface area (Å²) in [6, 6.07) is 17.3. The van der Waals surface area contributed by atoms with E-state index in [2.05, 4.69) is 0 Å². The first-order valence-corrected chi connectivity index (χ1v) is 12.3. The van der Waals surface area contributed by atoms with E-state index in [4.69, 9.17) is 4.74 Å². The van der Waals surface area contributed by atoms with Crippen molar-refractivity contribution in [3.63, 3.8) is 0 Å². The summed E-state index contributed by atoms with van der Waals surface area (Å²) < 4.78 is 5.06. The van der Waals surface area contributed by atoms with Crippen molar-refractivity contribution in [2.24, 2.45) is 11.8 Å². The van der Waals surface area contributed by atoms with E-state index in [1.807, 2.05) is 30.3 Å². The summed E-state index contributed by atoms with van der Waals surface area (Å²) in [6.07, 6.45) is 3.56. The number of carbonyl (C=O) groups excluding carboxylic acids is 4. The summed E-state index contributed by atoms with van der Waals surface area (Å²) in [5.74, 6) is -3.57. The zero-order valence-electron chi connectivity index (χ0n) is 20.6. The van der Waals surface area contributed by atoms with Crippen molar-refractivity contribution in [1.82, 2.24) is 4.90 Å². The van der Waals surface area contributed by atoms with Crippen molar-refractivity contribution in [3.05, 3.63) is 106 Å². The van der Waals surface area contributed by atoms with E-state index >= 15 is 0 Å². The molecule has 0 aromatic heterocycles. The number of imide groups is 1. The van der Waals surface area contributed by atoms with E-state index < -0.39 is 52.4 Å². The number of ether oxygens (including phenoxy) is 1. The van der Waals surface area contributed by atoms with Gasteiger partial charge in [-0.15, -0.1) is 0 Å². The van der Waals surface area contributed by atoms with Crippen LogP contribution < -0.4 is 9.64 Å². The summed E-state index contributed by atoms with van der Waals surface area (Å²) in [6.45, 7) is 1.27. The number of Topliss-reactive ketones (excluding diaryl/α,β-unsaturated/α-hetero) is 1. The number of fused-ring (bicyclic) bond motifs is 5. The Hall–Kier alpha value is -5.12. The van der Waals surface area contributed by atoms with Gasteiger partial charge in [0.15, 0.2) is 5.78 Å². The number of anilines is 1. The number of ketones is 1. The maximum atomic E-state index is 13.9. The number of hydrogen-bond donors (Lipinski definition) is 0. The fourth-order valence-electron chi connectivity index (χ4n) is 5.88. The van der Waals surface area contributed by atoms with Crippen LogP contribution in [0.3, 0.4) is 0 Å². The molecule has 3 aromatic rings. The lowest BCUT2D eigenvalue weighted by molar-refractivity contribution is -0.384. The number of nitrogens with zero attached hydrogens (tertiary/aromatic N) is 3. The van der Waals surface area contributed by atoms with Gasteiger partial charge in [0.2, 0.25) is 11.8 Å². The highest BCUT2D eigenvalue weighted by molar-refractivity contribution is 6.24. The summed E-state index contributed by atoms with van der Waals surface area (Å²) in [5, 5.41) is 11.4. The van der Waals surface area contributed by atoms with Gasteiger partial charge in [-0.2, -0.15) is 0 Å². The number of carbonyl (C=O) groups is 4. The fraction of sp³-hybridized carbons (Fsp3) is 0.172. The summed E-state index contributed by atoms with van der Waals surface area (Å²) in [5.41, 5.74) is 1.84. The Kier molecular flexibility index (Phi) is 5.60. The van der Waals surface area contributed by atoms with Crippen molar-refractivity contribution in [3.8, 4) is 5.75 Å². The molecular formula is C29H21N3O7. The molecule has 3 aliphatic rings. The molecule has 4 atom stereocenters. The average Bonchev–Trinajstić information content (AvgIpc) is 3.41. The van der Waals surface area contributed by atoms with Gasteiger partial charge >= 0.3 is 5.97 Å². The smallest absolute Gasteiger partial charge is 0.308 e. The fourth-order valence-corrected chi connectivity index (χ4v) is 5.88. The molecule has 194 valence electrons. The topological polar surface area (TPSA) is 127 Å². The van der Waals surface area contributed by atoms with Crippen LogP contribution in [-0.2, 0) is 14.4 Å². The number of nitro groups is 1. The molecular weight excluding hydrogens is 502 g/mol. The molecule has 0 N–H and O–H groups in total. The molecule has 0 saturated carbocycles. The van der Waals surface area contributed by atoms with Gasteiger partial charge in [-0.25, -0.2) is 4.90 Å². The predicted octanol–water partition coefficient (Wildman–Crippen LogP) is 3.92. The van der Waals surface area contributed by atoms with Gasteiger partial charge in [-0.3, -0.25) is 29.3 Å². The van der Waals surface area contributed by atoms with Crippen LogP contribution in [0.1, 0.15) is 34.5 Å². The van der Waals surface area contributed by atoms with Crippen LogP contribution in [0.2, 0.25) is 0 Å². The van der Waals surface area contributed by atoms with E-state index in [0.717, 1.165) is 16.0 Å². The lowest BCUT2D eigenvalue weighted by Crippen LogP contribution is -2.44. The number of nitro benzene ring substituents is 1. The minimum atomic E-state index is -1.05. The SMILES string of the molecule is CC(=O)Oc1ccc(N2C(=O)[C@@H]3[C@H](C2=O)[C@@H]2c4ccccc4C=CN2[C@H]3C(=O)c2cccc([N+](=O)[O-])c2)cc1. The highest BCUT2D eigenvalue weighted by atomic mass is 16.6. The van der Waals surface area contributed by atoms with Gasteiger partial charge in [0.25, 0.3) is 5.69 Å². The first kappa shape index (κ1) is 24.2. The van der Waals surface area contributed by atoms with Gasteiger partial charge in [0.1, 0.15) is 11.8 Å². The van der Waals surface area contributed by atoms with Crippen LogP contribution >= 0.6 is 0 Å².